The second kappa shape index (κ2) is 5.65. The Morgan fingerprint density at radius 2 is 2.12 bits per heavy atom. The molecule has 0 saturated carbocycles. The molecule has 0 aliphatic carbocycles. The lowest BCUT2D eigenvalue weighted by Crippen LogP contribution is -2.47. The van der Waals surface area contributed by atoms with Crippen molar-refractivity contribution in [2.75, 3.05) is 13.2 Å². The molecule has 0 aromatic heterocycles. The highest BCUT2D eigenvalue weighted by Crippen LogP contribution is 2.14. The maximum Gasteiger partial charge on any atom is 0.0620 e. The molecule has 1 aromatic carbocycles. The Balaban J connectivity index is 1.90. The predicted octanol–water partition coefficient (Wildman–Crippen LogP) is 2.61. The molecule has 1 aliphatic heterocycles. The summed E-state index contributed by atoms with van der Waals surface area (Å²) in [6, 6.07) is 7.72. The number of hydrogen-bond donors (Lipinski definition) is 1. The van der Waals surface area contributed by atoms with Crippen molar-refractivity contribution >= 4 is 0 Å². The van der Waals surface area contributed by atoms with Gasteiger partial charge in [-0.15, -0.1) is 0 Å². The van der Waals surface area contributed by atoms with Crippen molar-refractivity contribution in [1.82, 2.24) is 5.32 Å². The van der Waals surface area contributed by atoms with Crippen molar-refractivity contribution in [3.8, 4) is 0 Å². The number of nitrogens with one attached hydrogen (secondary N) is 1. The van der Waals surface area contributed by atoms with E-state index in [1.165, 1.54) is 16.7 Å². The van der Waals surface area contributed by atoms with Crippen LogP contribution in [0.2, 0.25) is 0 Å². The Morgan fingerprint density at radius 1 is 1.29 bits per heavy atom. The van der Waals surface area contributed by atoms with Gasteiger partial charge in [0.1, 0.15) is 0 Å². The smallest absolute Gasteiger partial charge is 0.0620 e. The molecule has 1 fully saturated rings. The SMILES string of the molecule is Cc1ccc(C)c(CCC2COCC(C)N2)c1. The van der Waals surface area contributed by atoms with Crippen molar-refractivity contribution in [2.45, 2.75) is 45.7 Å². The summed E-state index contributed by atoms with van der Waals surface area (Å²) in [6.45, 7) is 8.24. The highest BCUT2D eigenvalue weighted by molar-refractivity contribution is 5.30. The molecule has 17 heavy (non-hydrogen) atoms. The van der Waals surface area contributed by atoms with Crippen LogP contribution in [0.15, 0.2) is 18.2 Å². The van der Waals surface area contributed by atoms with E-state index in [0.717, 1.165) is 26.1 Å². The first-order valence-corrected chi connectivity index (χ1v) is 6.55. The first-order valence-electron chi connectivity index (χ1n) is 6.55. The average molecular weight is 233 g/mol. The molecule has 0 radical (unpaired) electrons. The van der Waals surface area contributed by atoms with Gasteiger partial charge >= 0.3 is 0 Å². The second-order valence-electron chi connectivity index (χ2n) is 5.27. The Morgan fingerprint density at radius 3 is 2.88 bits per heavy atom. The Bertz CT molecular complexity index is 375. The van der Waals surface area contributed by atoms with E-state index in [4.69, 9.17) is 4.74 Å². The van der Waals surface area contributed by atoms with Crippen LogP contribution in [0.5, 0.6) is 0 Å². The van der Waals surface area contributed by atoms with Gasteiger partial charge in [0.25, 0.3) is 0 Å². The van der Waals surface area contributed by atoms with Crippen molar-refractivity contribution in [2.24, 2.45) is 0 Å². The Kier molecular flexibility index (Phi) is 4.19. The van der Waals surface area contributed by atoms with Crippen LogP contribution in [-0.2, 0) is 11.2 Å². The van der Waals surface area contributed by atoms with Crippen LogP contribution in [0, 0.1) is 13.8 Å². The normalized spacial score (nSPS) is 24.9. The number of ether oxygens (including phenoxy) is 1. The van der Waals surface area contributed by atoms with Crippen LogP contribution in [-0.4, -0.2) is 25.3 Å². The highest BCUT2D eigenvalue weighted by atomic mass is 16.5. The summed E-state index contributed by atoms with van der Waals surface area (Å²) in [5, 5.41) is 3.60. The topological polar surface area (TPSA) is 21.3 Å². The standard InChI is InChI=1S/C15H23NO/c1-11-4-5-12(2)14(8-11)6-7-15-10-17-9-13(3)16-15/h4-5,8,13,15-16H,6-7,9-10H2,1-3H3. The third-order valence-corrected chi connectivity index (χ3v) is 3.47. The molecule has 1 saturated heterocycles. The number of rotatable bonds is 3. The van der Waals surface area contributed by atoms with Crippen LogP contribution < -0.4 is 5.32 Å². The minimum absolute atomic E-state index is 0.493. The van der Waals surface area contributed by atoms with Gasteiger partial charge in [-0.25, -0.2) is 0 Å². The molecule has 1 heterocycles. The molecule has 2 rings (SSSR count). The van der Waals surface area contributed by atoms with E-state index in [2.05, 4.69) is 44.3 Å². The van der Waals surface area contributed by atoms with E-state index in [1.807, 2.05) is 0 Å². The second-order valence-corrected chi connectivity index (χ2v) is 5.27. The maximum absolute atomic E-state index is 5.57. The molecule has 0 amide bonds. The minimum Gasteiger partial charge on any atom is -0.378 e. The molecule has 1 aromatic rings. The number of aryl methyl sites for hydroxylation is 3. The molecule has 94 valence electrons. The Labute approximate surface area is 104 Å². The van der Waals surface area contributed by atoms with Crippen molar-refractivity contribution < 1.29 is 4.74 Å². The zero-order valence-corrected chi connectivity index (χ0v) is 11.1. The van der Waals surface area contributed by atoms with Crippen LogP contribution >= 0.6 is 0 Å². The van der Waals surface area contributed by atoms with Gasteiger partial charge in [-0.2, -0.15) is 0 Å². The fraction of sp³-hybridized carbons (Fsp3) is 0.600. The number of benzene rings is 1. The largest absolute Gasteiger partial charge is 0.378 e. The summed E-state index contributed by atoms with van der Waals surface area (Å²) >= 11 is 0. The van der Waals surface area contributed by atoms with Gasteiger partial charge < -0.3 is 10.1 Å². The van der Waals surface area contributed by atoms with E-state index in [9.17, 15) is 0 Å². The van der Waals surface area contributed by atoms with Gasteiger partial charge in [0.2, 0.25) is 0 Å². The van der Waals surface area contributed by atoms with Gasteiger partial charge in [0, 0.05) is 12.1 Å². The van der Waals surface area contributed by atoms with Gasteiger partial charge in [-0.05, 0) is 44.7 Å². The number of morpholine rings is 1. The summed E-state index contributed by atoms with van der Waals surface area (Å²) < 4.78 is 5.57. The van der Waals surface area contributed by atoms with E-state index in [0.29, 0.717) is 12.1 Å². The van der Waals surface area contributed by atoms with Crippen molar-refractivity contribution in [1.29, 1.82) is 0 Å². The molecule has 0 bridgehead atoms. The van der Waals surface area contributed by atoms with E-state index < -0.39 is 0 Å². The summed E-state index contributed by atoms with van der Waals surface area (Å²) in [4.78, 5) is 0. The average Bonchev–Trinajstić information content (AvgIpc) is 2.30. The molecular weight excluding hydrogens is 210 g/mol. The van der Waals surface area contributed by atoms with Gasteiger partial charge in [0.15, 0.2) is 0 Å². The molecule has 1 N–H and O–H groups in total. The van der Waals surface area contributed by atoms with Gasteiger partial charge in [-0.1, -0.05) is 23.8 Å². The molecule has 2 atom stereocenters. The van der Waals surface area contributed by atoms with Crippen LogP contribution in [0.3, 0.4) is 0 Å². The lowest BCUT2D eigenvalue weighted by molar-refractivity contribution is 0.0483. The van der Waals surface area contributed by atoms with Crippen LogP contribution in [0.4, 0.5) is 0 Å². The maximum atomic E-state index is 5.57. The molecular formula is C15H23NO. The monoisotopic (exact) mass is 233 g/mol. The third-order valence-electron chi connectivity index (χ3n) is 3.47. The first-order chi connectivity index (χ1) is 8.15. The van der Waals surface area contributed by atoms with Crippen LogP contribution in [0.25, 0.3) is 0 Å². The summed E-state index contributed by atoms with van der Waals surface area (Å²) in [5.74, 6) is 0. The predicted molar refractivity (Wildman–Crippen MR) is 71.4 cm³/mol. The zero-order valence-electron chi connectivity index (χ0n) is 11.1. The minimum atomic E-state index is 0.493. The first kappa shape index (κ1) is 12.6. The third kappa shape index (κ3) is 3.55. The summed E-state index contributed by atoms with van der Waals surface area (Å²) in [7, 11) is 0. The molecule has 2 unspecified atom stereocenters. The summed E-state index contributed by atoms with van der Waals surface area (Å²) in [6.07, 6.45) is 2.30. The fourth-order valence-corrected chi connectivity index (χ4v) is 2.45. The van der Waals surface area contributed by atoms with Gasteiger partial charge in [-0.3, -0.25) is 0 Å². The molecule has 0 spiro atoms. The van der Waals surface area contributed by atoms with Crippen molar-refractivity contribution in [3.05, 3.63) is 34.9 Å². The summed E-state index contributed by atoms with van der Waals surface area (Å²) in [5.41, 5.74) is 4.23. The van der Waals surface area contributed by atoms with Gasteiger partial charge in [0.05, 0.1) is 13.2 Å². The molecule has 2 heteroatoms. The zero-order chi connectivity index (χ0) is 12.3. The molecule has 2 nitrogen and oxygen atoms in total. The Hall–Kier alpha value is -0.860. The number of hydrogen-bond acceptors (Lipinski definition) is 2. The van der Waals surface area contributed by atoms with E-state index in [-0.39, 0.29) is 0 Å². The quantitative estimate of drug-likeness (QED) is 0.866. The lowest BCUT2D eigenvalue weighted by Gasteiger charge is -2.29. The van der Waals surface area contributed by atoms with Crippen molar-refractivity contribution in [3.63, 3.8) is 0 Å². The highest BCUT2D eigenvalue weighted by Gasteiger charge is 2.17. The lowest BCUT2D eigenvalue weighted by atomic mass is 9.98. The fourth-order valence-electron chi connectivity index (χ4n) is 2.45. The molecule has 1 aliphatic rings. The van der Waals surface area contributed by atoms with Crippen LogP contribution in [0.1, 0.15) is 30.0 Å². The van der Waals surface area contributed by atoms with E-state index >= 15 is 0 Å². The van der Waals surface area contributed by atoms with E-state index in [1.54, 1.807) is 0 Å².